The monoisotopic (exact) mass is 227 g/mol. The molecule has 0 aromatic heterocycles. The molecule has 16 heavy (non-hydrogen) atoms. The largest absolute Gasteiger partial charge is 0.467 e. The summed E-state index contributed by atoms with van der Waals surface area (Å²) in [6, 6.07) is 0. The third kappa shape index (κ3) is 3.34. The highest BCUT2D eigenvalue weighted by Crippen LogP contribution is 2.09. The van der Waals surface area contributed by atoms with Crippen LogP contribution in [0, 0.1) is 0 Å². The number of ether oxygens (including phenoxy) is 2. The second-order valence-corrected chi connectivity index (χ2v) is 3.55. The summed E-state index contributed by atoms with van der Waals surface area (Å²) >= 11 is 0. The summed E-state index contributed by atoms with van der Waals surface area (Å²) in [6.45, 7) is 4.75. The van der Waals surface area contributed by atoms with Gasteiger partial charge in [0.1, 0.15) is 0 Å². The van der Waals surface area contributed by atoms with Crippen LogP contribution in [0.25, 0.3) is 0 Å². The fourth-order valence-corrected chi connectivity index (χ4v) is 1.53. The van der Waals surface area contributed by atoms with E-state index in [1.807, 2.05) is 0 Å². The molecule has 5 nitrogen and oxygen atoms in total. The lowest BCUT2D eigenvalue weighted by Gasteiger charge is -2.31. The van der Waals surface area contributed by atoms with Crippen LogP contribution in [0.5, 0.6) is 0 Å². The predicted octanol–water partition coefficient (Wildman–Crippen LogP) is 0.353. The number of rotatable bonds is 4. The number of allylic oxidation sites excluding steroid dienone is 1. The number of carbonyl (C=O) groups excluding carboxylic acids is 2. The maximum Gasteiger partial charge on any atom is 0.336 e. The number of hydrogen-bond acceptors (Lipinski definition) is 4. The summed E-state index contributed by atoms with van der Waals surface area (Å²) in [5.74, 6) is -0.404. The van der Waals surface area contributed by atoms with Crippen molar-refractivity contribution in [3.05, 3.63) is 12.7 Å². The molecule has 0 N–H and O–H groups in total. The van der Waals surface area contributed by atoms with Gasteiger partial charge in [0.05, 0.1) is 20.3 Å². The molecule has 5 heteroatoms. The van der Waals surface area contributed by atoms with E-state index in [0.29, 0.717) is 26.0 Å². The topological polar surface area (TPSA) is 55.8 Å². The van der Waals surface area contributed by atoms with Gasteiger partial charge in [-0.2, -0.15) is 0 Å². The van der Waals surface area contributed by atoms with Crippen molar-refractivity contribution in [1.82, 2.24) is 4.90 Å². The van der Waals surface area contributed by atoms with E-state index in [4.69, 9.17) is 4.74 Å². The number of amides is 1. The predicted molar refractivity (Wildman–Crippen MR) is 57.8 cm³/mol. The normalized spacial score (nSPS) is 20.3. The van der Waals surface area contributed by atoms with Gasteiger partial charge in [-0.3, -0.25) is 4.79 Å². The zero-order valence-electron chi connectivity index (χ0n) is 9.48. The van der Waals surface area contributed by atoms with Crippen molar-refractivity contribution < 1.29 is 19.1 Å². The van der Waals surface area contributed by atoms with Crippen LogP contribution in [-0.2, 0) is 19.1 Å². The average Bonchev–Trinajstić information content (AvgIpc) is 2.35. The van der Waals surface area contributed by atoms with E-state index in [1.165, 1.54) is 7.11 Å². The summed E-state index contributed by atoms with van der Waals surface area (Å²) < 4.78 is 9.81. The zero-order valence-corrected chi connectivity index (χ0v) is 9.48. The van der Waals surface area contributed by atoms with E-state index in [-0.39, 0.29) is 12.5 Å². The van der Waals surface area contributed by atoms with E-state index in [2.05, 4.69) is 11.3 Å². The number of esters is 1. The van der Waals surface area contributed by atoms with Crippen molar-refractivity contribution in [3.63, 3.8) is 0 Å². The molecule has 0 saturated carbocycles. The van der Waals surface area contributed by atoms with Gasteiger partial charge in [0, 0.05) is 13.0 Å². The van der Waals surface area contributed by atoms with Crippen molar-refractivity contribution in [2.24, 2.45) is 0 Å². The highest BCUT2D eigenvalue weighted by Gasteiger charge is 2.29. The minimum Gasteiger partial charge on any atom is -0.467 e. The van der Waals surface area contributed by atoms with Crippen LogP contribution in [0.3, 0.4) is 0 Å². The molecule has 0 spiro atoms. The Morgan fingerprint density at radius 3 is 3.00 bits per heavy atom. The molecule has 90 valence electrons. The molecule has 1 amide bonds. The van der Waals surface area contributed by atoms with Crippen molar-refractivity contribution in [1.29, 1.82) is 0 Å². The highest BCUT2D eigenvalue weighted by molar-refractivity contribution is 5.79. The fourth-order valence-electron chi connectivity index (χ4n) is 1.53. The lowest BCUT2D eigenvalue weighted by atomic mass is 10.2. The third-order valence-electron chi connectivity index (χ3n) is 2.45. The van der Waals surface area contributed by atoms with E-state index >= 15 is 0 Å². The molecule has 1 aliphatic heterocycles. The zero-order chi connectivity index (χ0) is 12.0. The van der Waals surface area contributed by atoms with Crippen LogP contribution < -0.4 is 0 Å². The van der Waals surface area contributed by atoms with Gasteiger partial charge in [0.25, 0.3) is 0 Å². The van der Waals surface area contributed by atoms with Gasteiger partial charge in [0.15, 0.2) is 6.10 Å². The fraction of sp³-hybridized carbons (Fsp3) is 0.636. The molecule has 0 aliphatic carbocycles. The van der Waals surface area contributed by atoms with Gasteiger partial charge in [-0.15, -0.1) is 6.58 Å². The van der Waals surface area contributed by atoms with Gasteiger partial charge in [-0.1, -0.05) is 6.08 Å². The van der Waals surface area contributed by atoms with Crippen molar-refractivity contribution in [2.45, 2.75) is 18.9 Å². The summed E-state index contributed by atoms with van der Waals surface area (Å²) in [5, 5.41) is 0. The van der Waals surface area contributed by atoms with E-state index < -0.39 is 12.1 Å². The van der Waals surface area contributed by atoms with Crippen LogP contribution in [0.1, 0.15) is 12.8 Å². The summed E-state index contributed by atoms with van der Waals surface area (Å²) in [6.07, 6.45) is 2.14. The molecular formula is C11H17NO4. The average molecular weight is 227 g/mol. The molecule has 0 aromatic carbocycles. The van der Waals surface area contributed by atoms with Gasteiger partial charge in [0.2, 0.25) is 5.91 Å². The molecule has 1 rings (SSSR count). The number of carbonyl (C=O) groups is 2. The van der Waals surface area contributed by atoms with Gasteiger partial charge in [-0.25, -0.2) is 4.79 Å². The first-order valence-electron chi connectivity index (χ1n) is 5.27. The molecule has 0 radical (unpaired) electrons. The first-order valence-corrected chi connectivity index (χ1v) is 5.27. The van der Waals surface area contributed by atoms with Crippen molar-refractivity contribution in [3.8, 4) is 0 Å². The SMILES string of the molecule is C=CCCC(=O)N1CCOC(C(=O)OC)C1. The maximum atomic E-state index is 11.7. The second-order valence-electron chi connectivity index (χ2n) is 3.55. The maximum absolute atomic E-state index is 11.7. The van der Waals surface area contributed by atoms with Crippen LogP contribution in [0.2, 0.25) is 0 Å². The molecule has 1 saturated heterocycles. The third-order valence-corrected chi connectivity index (χ3v) is 2.45. The van der Waals surface area contributed by atoms with Gasteiger partial charge >= 0.3 is 5.97 Å². The first-order chi connectivity index (χ1) is 7.69. The summed E-state index contributed by atoms with van der Waals surface area (Å²) in [4.78, 5) is 24.6. The molecule has 1 atom stereocenters. The second kappa shape index (κ2) is 6.27. The van der Waals surface area contributed by atoms with Crippen LogP contribution in [0.4, 0.5) is 0 Å². The highest BCUT2D eigenvalue weighted by atomic mass is 16.6. The number of nitrogens with zero attached hydrogens (tertiary/aromatic N) is 1. The Kier molecular flexibility index (Phi) is 4.98. The summed E-state index contributed by atoms with van der Waals surface area (Å²) in [5.41, 5.74) is 0. The summed E-state index contributed by atoms with van der Waals surface area (Å²) in [7, 11) is 1.31. The first kappa shape index (κ1) is 12.7. The molecule has 0 bridgehead atoms. The van der Waals surface area contributed by atoms with Crippen LogP contribution in [-0.4, -0.2) is 49.7 Å². The molecule has 0 aromatic rings. The Bertz CT molecular complexity index is 277. The van der Waals surface area contributed by atoms with Crippen molar-refractivity contribution in [2.75, 3.05) is 26.8 Å². The molecular weight excluding hydrogens is 210 g/mol. The van der Waals surface area contributed by atoms with E-state index in [1.54, 1.807) is 11.0 Å². The van der Waals surface area contributed by atoms with E-state index in [9.17, 15) is 9.59 Å². The van der Waals surface area contributed by atoms with Crippen LogP contribution >= 0.6 is 0 Å². The molecule has 1 heterocycles. The molecule has 1 aliphatic rings. The Labute approximate surface area is 95.0 Å². The lowest BCUT2D eigenvalue weighted by Crippen LogP contribution is -2.48. The van der Waals surface area contributed by atoms with E-state index in [0.717, 1.165) is 0 Å². The number of morpholine rings is 1. The van der Waals surface area contributed by atoms with Gasteiger partial charge in [-0.05, 0) is 6.42 Å². The minimum absolute atomic E-state index is 0.0251. The van der Waals surface area contributed by atoms with Crippen LogP contribution in [0.15, 0.2) is 12.7 Å². The minimum atomic E-state index is -0.647. The number of hydrogen-bond donors (Lipinski definition) is 0. The Balaban J connectivity index is 2.46. The Hall–Kier alpha value is -1.36. The number of methoxy groups -OCH3 is 1. The van der Waals surface area contributed by atoms with Crippen molar-refractivity contribution >= 4 is 11.9 Å². The van der Waals surface area contributed by atoms with Gasteiger partial charge < -0.3 is 14.4 Å². The standard InChI is InChI=1S/C11H17NO4/c1-3-4-5-10(13)12-6-7-16-9(8-12)11(14)15-2/h3,9H,1,4-8H2,2H3. The Morgan fingerprint density at radius 1 is 1.62 bits per heavy atom. The molecule has 1 fully saturated rings. The molecule has 1 unspecified atom stereocenters. The quantitative estimate of drug-likeness (QED) is 0.514. The lowest BCUT2D eigenvalue weighted by molar-refractivity contribution is -0.162. The smallest absolute Gasteiger partial charge is 0.336 e. The Morgan fingerprint density at radius 2 is 2.38 bits per heavy atom.